The zero-order valence-corrected chi connectivity index (χ0v) is 12.9. The highest BCUT2D eigenvalue weighted by Crippen LogP contribution is 2.41. The molecule has 0 amide bonds. The molecule has 4 heterocycles. The Balaban J connectivity index is 1.97. The molecule has 0 aromatic carbocycles. The summed E-state index contributed by atoms with van der Waals surface area (Å²) in [5.74, 6) is 2.41. The van der Waals surface area contributed by atoms with E-state index >= 15 is 0 Å². The summed E-state index contributed by atoms with van der Waals surface area (Å²) in [6.07, 6.45) is 4.36. The fourth-order valence-electron chi connectivity index (χ4n) is 2.69. The first kappa shape index (κ1) is 12.4. The van der Waals surface area contributed by atoms with Gasteiger partial charge in [-0.15, -0.1) is 11.3 Å². The second-order valence-corrected chi connectivity index (χ2v) is 7.61. The third-order valence-electron chi connectivity index (χ3n) is 3.61. The van der Waals surface area contributed by atoms with Crippen molar-refractivity contribution in [3.63, 3.8) is 0 Å². The predicted molar refractivity (Wildman–Crippen MR) is 85.9 cm³/mol. The van der Waals surface area contributed by atoms with Gasteiger partial charge in [0.1, 0.15) is 16.3 Å². The summed E-state index contributed by atoms with van der Waals surface area (Å²) in [5.41, 5.74) is 1.98. The lowest BCUT2D eigenvalue weighted by atomic mass is 10.2. The molecule has 0 N–H and O–H groups in total. The summed E-state index contributed by atoms with van der Waals surface area (Å²) in [5, 5.41) is 1.73. The maximum Gasteiger partial charge on any atom is 0.165 e. The molecular formula is C15H15N3S2. The molecule has 3 aromatic heterocycles. The summed E-state index contributed by atoms with van der Waals surface area (Å²) in [6, 6.07) is 8.37. The number of hydrogen-bond donors (Lipinski definition) is 0. The minimum atomic E-state index is 0.506. The second kappa shape index (κ2) is 4.90. The Bertz CT molecular complexity index is 753. The first-order valence-corrected chi connectivity index (χ1v) is 8.71. The summed E-state index contributed by atoms with van der Waals surface area (Å²) >= 11 is 3.83. The molecular weight excluding hydrogens is 286 g/mol. The molecule has 3 aromatic rings. The van der Waals surface area contributed by atoms with Crippen molar-refractivity contribution in [1.82, 2.24) is 14.5 Å². The zero-order chi connectivity index (χ0) is 13.5. The first-order chi connectivity index (χ1) is 9.83. The maximum absolute atomic E-state index is 4.87. The fraction of sp³-hybridized carbons (Fsp3) is 0.333. The van der Waals surface area contributed by atoms with Gasteiger partial charge in [-0.2, -0.15) is 11.8 Å². The van der Waals surface area contributed by atoms with Crippen LogP contribution in [0.25, 0.3) is 16.2 Å². The van der Waals surface area contributed by atoms with Gasteiger partial charge in [0.15, 0.2) is 5.65 Å². The average molecular weight is 301 g/mol. The van der Waals surface area contributed by atoms with Crippen molar-refractivity contribution in [2.45, 2.75) is 25.0 Å². The molecule has 1 atom stereocenters. The van der Waals surface area contributed by atoms with Gasteiger partial charge in [-0.3, -0.25) is 4.57 Å². The van der Waals surface area contributed by atoms with Crippen molar-refractivity contribution in [3.8, 4) is 5.00 Å². The second-order valence-electron chi connectivity index (χ2n) is 5.04. The zero-order valence-electron chi connectivity index (χ0n) is 11.2. The Labute approximate surface area is 126 Å². The molecule has 3 nitrogen and oxygen atoms in total. The fourth-order valence-corrected chi connectivity index (χ4v) is 4.82. The van der Waals surface area contributed by atoms with Crippen LogP contribution in [0, 0.1) is 6.92 Å². The van der Waals surface area contributed by atoms with Crippen LogP contribution in [0.1, 0.15) is 28.8 Å². The molecule has 4 rings (SSSR count). The van der Waals surface area contributed by atoms with Crippen molar-refractivity contribution >= 4 is 34.3 Å². The van der Waals surface area contributed by atoms with Gasteiger partial charge in [-0.25, -0.2) is 9.97 Å². The number of thioether (sulfide) groups is 1. The smallest absolute Gasteiger partial charge is 0.165 e. The van der Waals surface area contributed by atoms with Crippen LogP contribution < -0.4 is 0 Å². The van der Waals surface area contributed by atoms with Crippen molar-refractivity contribution in [2.24, 2.45) is 0 Å². The van der Waals surface area contributed by atoms with Crippen LogP contribution in [0.2, 0.25) is 0 Å². The Morgan fingerprint density at radius 1 is 1.30 bits per heavy atom. The number of aromatic nitrogens is 3. The van der Waals surface area contributed by atoms with Gasteiger partial charge in [-0.1, -0.05) is 0 Å². The van der Waals surface area contributed by atoms with E-state index in [1.54, 1.807) is 11.3 Å². The number of pyridine rings is 1. The lowest BCUT2D eigenvalue weighted by Crippen LogP contribution is -2.02. The van der Waals surface area contributed by atoms with Crippen LogP contribution in [-0.2, 0) is 0 Å². The molecule has 102 valence electrons. The first-order valence-electron chi connectivity index (χ1n) is 6.85. The van der Waals surface area contributed by atoms with Crippen LogP contribution in [0.3, 0.4) is 0 Å². The monoisotopic (exact) mass is 301 g/mol. The van der Waals surface area contributed by atoms with Gasteiger partial charge in [0.25, 0.3) is 0 Å². The normalized spacial score (nSPS) is 18.9. The Kier molecular flexibility index (Phi) is 3.04. The van der Waals surface area contributed by atoms with E-state index in [0.29, 0.717) is 5.25 Å². The number of hydrogen-bond acceptors (Lipinski definition) is 4. The number of thiophene rings is 1. The van der Waals surface area contributed by atoms with Crippen molar-refractivity contribution < 1.29 is 0 Å². The standard InChI is InChI=1S/C15H15N3S2/c1-10-6-7-13(20-10)18-14-11(4-2-8-16-14)17-15(18)12-5-3-9-19-12/h2,4,6-8,12H,3,5,9H2,1H3. The SMILES string of the molecule is Cc1ccc(-n2c(C3CCCS3)nc3cccnc32)s1. The Hall–Kier alpha value is -1.33. The molecule has 1 saturated heterocycles. The van der Waals surface area contributed by atoms with Crippen LogP contribution in [0.15, 0.2) is 30.5 Å². The van der Waals surface area contributed by atoms with E-state index in [0.717, 1.165) is 11.2 Å². The van der Waals surface area contributed by atoms with Crippen LogP contribution in [0.5, 0.6) is 0 Å². The van der Waals surface area contributed by atoms with Crippen molar-refractivity contribution in [1.29, 1.82) is 0 Å². The Morgan fingerprint density at radius 2 is 2.25 bits per heavy atom. The van der Waals surface area contributed by atoms with Gasteiger partial charge < -0.3 is 0 Å². The average Bonchev–Trinajstić information content (AvgIpc) is 3.16. The number of nitrogens with zero attached hydrogens (tertiary/aromatic N) is 3. The van der Waals surface area contributed by atoms with E-state index < -0.39 is 0 Å². The van der Waals surface area contributed by atoms with Gasteiger partial charge in [0.2, 0.25) is 0 Å². The number of imidazole rings is 1. The lowest BCUT2D eigenvalue weighted by Gasteiger charge is -2.10. The summed E-state index contributed by atoms with van der Waals surface area (Å²) in [7, 11) is 0. The third-order valence-corrected chi connectivity index (χ3v) is 5.97. The van der Waals surface area contributed by atoms with E-state index in [-0.39, 0.29) is 0 Å². The van der Waals surface area contributed by atoms with E-state index in [1.807, 2.05) is 24.0 Å². The highest BCUT2D eigenvalue weighted by molar-refractivity contribution is 7.99. The van der Waals surface area contributed by atoms with Crippen LogP contribution >= 0.6 is 23.1 Å². The topological polar surface area (TPSA) is 30.7 Å². The molecule has 5 heteroatoms. The van der Waals surface area contributed by atoms with Crippen LogP contribution in [-0.4, -0.2) is 20.3 Å². The minimum Gasteiger partial charge on any atom is -0.270 e. The third kappa shape index (κ3) is 1.96. The molecule has 1 aliphatic heterocycles. The van der Waals surface area contributed by atoms with E-state index in [1.165, 1.54) is 34.3 Å². The molecule has 0 bridgehead atoms. The molecule has 1 aliphatic rings. The van der Waals surface area contributed by atoms with Gasteiger partial charge in [0, 0.05) is 11.1 Å². The van der Waals surface area contributed by atoms with Gasteiger partial charge >= 0.3 is 0 Å². The molecule has 0 aliphatic carbocycles. The quantitative estimate of drug-likeness (QED) is 0.704. The summed E-state index contributed by atoms with van der Waals surface area (Å²) < 4.78 is 2.26. The molecule has 1 fully saturated rings. The number of rotatable bonds is 2. The molecule has 0 saturated carbocycles. The molecule has 1 unspecified atom stereocenters. The number of fused-ring (bicyclic) bond motifs is 1. The largest absolute Gasteiger partial charge is 0.270 e. The number of aryl methyl sites for hydroxylation is 1. The molecule has 0 radical (unpaired) electrons. The highest BCUT2D eigenvalue weighted by atomic mass is 32.2. The lowest BCUT2D eigenvalue weighted by molar-refractivity contribution is 0.768. The van der Waals surface area contributed by atoms with Crippen LogP contribution in [0.4, 0.5) is 0 Å². The summed E-state index contributed by atoms with van der Waals surface area (Å²) in [6.45, 7) is 2.14. The van der Waals surface area contributed by atoms with Crippen molar-refractivity contribution in [2.75, 3.05) is 5.75 Å². The van der Waals surface area contributed by atoms with Gasteiger partial charge in [-0.05, 0) is 49.8 Å². The molecule has 0 spiro atoms. The van der Waals surface area contributed by atoms with E-state index in [4.69, 9.17) is 4.98 Å². The Morgan fingerprint density at radius 3 is 3.00 bits per heavy atom. The minimum absolute atomic E-state index is 0.506. The maximum atomic E-state index is 4.87. The van der Waals surface area contributed by atoms with E-state index in [9.17, 15) is 0 Å². The summed E-state index contributed by atoms with van der Waals surface area (Å²) in [4.78, 5) is 10.7. The van der Waals surface area contributed by atoms with E-state index in [2.05, 4.69) is 34.7 Å². The molecule has 20 heavy (non-hydrogen) atoms. The highest BCUT2D eigenvalue weighted by Gasteiger charge is 2.25. The van der Waals surface area contributed by atoms with Crippen molar-refractivity contribution in [3.05, 3.63) is 41.2 Å². The predicted octanol–water partition coefficient (Wildman–Crippen LogP) is 4.36. The van der Waals surface area contributed by atoms with Gasteiger partial charge in [0.05, 0.1) is 5.25 Å².